The molecule has 1 heterocycles. The molecule has 5 nitrogen and oxygen atoms in total. The molecule has 0 aliphatic heterocycles. The summed E-state index contributed by atoms with van der Waals surface area (Å²) < 4.78 is 30.0. The molecular weight excluding hydrogens is 182 g/mol. The maximum absolute atomic E-state index is 12.7. The molecule has 0 aliphatic rings. The van der Waals surface area contributed by atoms with E-state index in [0.717, 1.165) is 0 Å². The summed E-state index contributed by atoms with van der Waals surface area (Å²) in [5.74, 6) is -2.77. The molecule has 0 bridgehead atoms. The lowest BCUT2D eigenvalue weighted by atomic mass is 10.2. The van der Waals surface area contributed by atoms with Crippen molar-refractivity contribution in [3.8, 4) is 0 Å². The third-order valence-electron chi connectivity index (χ3n) is 1.46. The van der Waals surface area contributed by atoms with Crippen LogP contribution in [0.3, 0.4) is 0 Å². The first kappa shape index (κ1) is 9.69. The predicted molar refractivity (Wildman–Crippen MR) is 42.4 cm³/mol. The molecule has 1 aromatic rings. The third-order valence-corrected chi connectivity index (χ3v) is 1.46. The van der Waals surface area contributed by atoms with Crippen molar-refractivity contribution in [2.24, 2.45) is 0 Å². The molecule has 1 rings (SSSR count). The molecule has 0 amide bonds. The Morgan fingerprint density at radius 3 is 2.69 bits per heavy atom. The highest BCUT2D eigenvalue weighted by atomic mass is 19.3. The van der Waals surface area contributed by atoms with E-state index in [9.17, 15) is 8.78 Å². The number of nitrogens with zero attached hydrogens (tertiary/aromatic N) is 2. The number of nitrogen functional groups attached to an aromatic ring is 1. The van der Waals surface area contributed by atoms with Crippen LogP contribution >= 0.6 is 0 Å². The highest BCUT2D eigenvalue weighted by Gasteiger charge is 2.26. The molecule has 0 fully saturated rings. The van der Waals surface area contributed by atoms with Crippen LogP contribution in [0.15, 0.2) is 4.42 Å². The second-order valence-corrected chi connectivity index (χ2v) is 2.51. The summed E-state index contributed by atoms with van der Waals surface area (Å²) in [5, 5.41) is 8.95. The fraction of sp³-hybridized carbons (Fsp3) is 0.667. The van der Waals surface area contributed by atoms with Gasteiger partial charge < -0.3 is 15.5 Å². The van der Waals surface area contributed by atoms with Crippen molar-refractivity contribution in [3.63, 3.8) is 0 Å². The van der Waals surface area contributed by atoms with Gasteiger partial charge in [0, 0.05) is 6.42 Å². The van der Waals surface area contributed by atoms with Gasteiger partial charge in [-0.3, -0.25) is 0 Å². The zero-order valence-electron chi connectivity index (χ0n) is 7.05. The van der Waals surface area contributed by atoms with Gasteiger partial charge in [0.15, 0.2) is 0 Å². The first-order valence-electron chi connectivity index (χ1n) is 3.74. The van der Waals surface area contributed by atoms with E-state index in [1.807, 2.05) is 0 Å². The first-order chi connectivity index (χ1) is 6.03. The van der Waals surface area contributed by atoms with Gasteiger partial charge in [-0.25, -0.2) is 8.78 Å². The van der Waals surface area contributed by atoms with E-state index in [-0.39, 0.29) is 18.5 Å². The Balaban J connectivity index is 2.43. The monoisotopic (exact) mass is 192 g/mol. The molecule has 0 aromatic carbocycles. The number of aromatic nitrogens is 2. The van der Waals surface area contributed by atoms with Crippen molar-refractivity contribution >= 4 is 12.0 Å². The minimum Gasteiger partial charge on any atom is -0.390 e. The number of nitrogens with one attached hydrogen (secondary N) is 1. The van der Waals surface area contributed by atoms with Gasteiger partial charge in [0.25, 0.3) is 5.92 Å². The van der Waals surface area contributed by atoms with E-state index >= 15 is 0 Å². The SMILES string of the molecule is CCC(F)(F)CNc1nnc(N)o1. The summed E-state index contributed by atoms with van der Waals surface area (Å²) in [5.41, 5.74) is 5.08. The summed E-state index contributed by atoms with van der Waals surface area (Å²) in [6, 6.07) is -0.243. The Hall–Kier alpha value is -1.40. The summed E-state index contributed by atoms with van der Waals surface area (Å²) in [6.45, 7) is 0.856. The lowest BCUT2D eigenvalue weighted by molar-refractivity contribution is 0.0111. The summed E-state index contributed by atoms with van der Waals surface area (Å²) in [7, 11) is 0. The molecule has 0 aliphatic carbocycles. The van der Waals surface area contributed by atoms with E-state index in [1.54, 1.807) is 0 Å². The van der Waals surface area contributed by atoms with Gasteiger partial charge in [0.1, 0.15) is 0 Å². The van der Waals surface area contributed by atoms with E-state index < -0.39 is 12.5 Å². The Bertz CT molecular complexity index is 275. The molecular formula is C6H10F2N4O. The van der Waals surface area contributed by atoms with Crippen LogP contribution in [-0.4, -0.2) is 22.7 Å². The Morgan fingerprint density at radius 1 is 1.54 bits per heavy atom. The lowest BCUT2D eigenvalue weighted by Crippen LogP contribution is -2.26. The van der Waals surface area contributed by atoms with Crippen LogP contribution in [-0.2, 0) is 0 Å². The number of anilines is 2. The zero-order chi connectivity index (χ0) is 9.90. The molecule has 1 aromatic heterocycles. The first-order valence-corrected chi connectivity index (χ1v) is 3.74. The van der Waals surface area contributed by atoms with Crippen molar-refractivity contribution in [2.75, 3.05) is 17.6 Å². The normalized spacial score (nSPS) is 11.6. The molecule has 0 radical (unpaired) electrons. The maximum Gasteiger partial charge on any atom is 0.317 e. The Morgan fingerprint density at radius 2 is 2.23 bits per heavy atom. The van der Waals surface area contributed by atoms with E-state index in [1.165, 1.54) is 6.92 Å². The van der Waals surface area contributed by atoms with Gasteiger partial charge in [-0.1, -0.05) is 17.1 Å². The number of hydrogen-bond donors (Lipinski definition) is 2. The smallest absolute Gasteiger partial charge is 0.317 e. The summed E-state index contributed by atoms with van der Waals surface area (Å²) in [6.07, 6.45) is -0.246. The molecule has 13 heavy (non-hydrogen) atoms. The van der Waals surface area contributed by atoms with Crippen molar-refractivity contribution in [2.45, 2.75) is 19.3 Å². The van der Waals surface area contributed by atoms with Crippen LogP contribution in [0.2, 0.25) is 0 Å². The minimum absolute atomic E-state index is 0.0920. The molecule has 74 valence electrons. The number of rotatable bonds is 4. The second kappa shape index (κ2) is 3.55. The number of hydrogen-bond acceptors (Lipinski definition) is 5. The molecule has 0 saturated heterocycles. The van der Waals surface area contributed by atoms with E-state index in [0.29, 0.717) is 0 Å². The second-order valence-electron chi connectivity index (χ2n) is 2.51. The Kier molecular flexibility index (Phi) is 2.64. The van der Waals surface area contributed by atoms with Gasteiger partial charge in [-0.05, 0) is 0 Å². The van der Waals surface area contributed by atoms with Crippen molar-refractivity contribution in [3.05, 3.63) is 0 Å². The van der Waals surface area contributed by atoms with Crippen LogP contribution in [0, 0.1) is 0 Å². The fourth-order valence-corrected chi connectivity index (χ4v) is 0.636. The van der Waals surface area contributed by atoms with Gasteiger partial charge >= 0.3 is 12.0 Å². The van der Waals surface area contributed by atoms with Crippen LogP contribution in [0.5, 0.6) is 0 Å². The van der Waals surface area contributed by atoms with Crippen LogP contribution in [0.4, 0.5) is 20.8 Å². The van der Waals surface area contributed by atoms with Gasteiger partial charge in [-0.2, -0.15) is 0 Å². The van der Waals surface area contributed by atoms with Crippen molar-refractivity contribution in [1.29, 1.82) is 0 Å². The average molecular weight is 192 g/mol. The van der Waals surface area contributed by atoms with Gasteiger partial charge in [-0.15, -0.1) is 0 Å². The number of halogens is 2. The largest absolute Gasteiger partial charge is 0.390 e. The Labute approximate surface area is 73.3 Å². The third kappa shape index (κ3) is 2.85. The van der Waals surface area contributed by atoms with Crippen molar-refractivity contribution in [1.82, 2.24) is 10.2 Å². The highest BCUT2D eigenvalue weighted by Crippen LogP contribution is 2.18. The lowest BCUT2D eigenvalue weighted by Gasteiger charge is -2.12. The highest BCUT2D eigenvalue weighted by molar-refractivity contribution is 5.22. The maximum atomic E-state index is 12.7. The predicted octanol–water partition coefficient (Wildman–Crippen LogP) is 1.11. The standard InChI is InChI=1S/C6H10F2N4O/c1-2-6(7,8)3-10-5-12-11-4(9)13-5/h2-3H2,1H3,(H2,9,11)(H,10,12). The zero-order valence-corrected chi connectivity index (χ0v) is 7.05. The molecule has 7 heteroatoms. The molecule has 0 atom stereocenters. The molecule has 0 saturated carbocycles. The fourth-order valence-electron chi connectivity index (χ4n) is 0.636. The quantitative estimate of drug-likeness (QED) is 0.747. The summed E-state index contributed by atoms with van der Waals surface area (Å²) >= 11 is 0. The van der Waals surface area contributed by atoms with Crippen molar-refractivity contribution < 1.29 is 13.2 Å². The number of alkyl halides is 2. The van der Waals surface area contributed by atoms with E-state index in [2.05, 4.69) is 19.9 Å². The molecule has 0 unspecified atom stereocenters. The summed E-state index contributed by atoms with van der Waals surface area (Å²) in [4.78, 5) is 0. The van der Waals surface area contributed by atoms with Crippen LogP contribution in [0.25, 0.3) is 0 Å². The van der Waals surface area contributed by atoms with Crippen LogP contribution in [0.1, 0.15) is 13.3 Å². The molecule has 3 N–H and O–H groups in total. The van der Waals surface area contributed by atoms with E-state index in [4.69, 9.17) is 5.73 Å². The minimum atomic E-state index is -2.77. The van der Waals surface area contributed by atoms with Gasteiger partial charge in [0.05, 0.1) is 6.54 Å². The average Bonchev–Trinajstić information content (AvgIpc) is 2.48. The molecule has 0 spiro atoms. The topological polar surface area (TPSA) is 77.0 Å². The van der Waals surface area contributed by atoms with Gasteiger partial charge in [0.2, 0.25) is 0 Å². The van der Waals surface area contributed by atoms with Crippen LogP contribution < -0.4 is 11.1 Å². The number of nitrogens with two attached hydrogens (primary N) is 1.